The number of nitrogens with one attached hydrogen (secondary N) is 1. The number of rotatable bonds is 6. The summed E-state index contributed by atoms with van der Waals surface area (Å²) in [5.41, 5.74) is -0.0134. The Morgan fingerprint density at radius 1 is 1.55 bits per heavy atom. The minimum atomic E-state index is -0.0134. The van der Waals surface area contributed by atoms with Crippen LogP contribution < -0.4 is 15.8 Å². The topological polar surface area (TPSA) is 59.4 Å². The van der Waals surface area contributed by atoms with E-state index in [0.717, 1.165) is 39.2 Å². The molecule has 0 saturated carbocycles. The molecule has 2 heterocycles. The predicted molar refractivity (Wildman–Crippen MR) is 79.2 cm³/mol. The summed E-state index contributed by atoms with van der Waals surface area (Å²) >= 11 is 0. The van der Waals surface area contributed by atoms with E-state index in [9.17, 15) is 4.79 Å². The number of aryl methyl sites for hydroxylation is 1. The molecule has 20 heavy (non-hydrogen) atoms. The first-order valence-corrected chi connectivity index (χ1v) is 7.18. The third-order valence-electron chi connectivity index (χ3n) is 3.73. The van der Waals surface area contributed by atoms with E-state index in [1.54, 1.807) is 31.1 Å². The van der Waals surface area contributed by atoms with Crippen LogP contribution in [0.25, 0.3) is 0 Å². The van der Waals surface area contributed by atoms with Crippen molar-refractivity contribution in [3.8, 4) is 0 Å². The zero-order valence-electron chi connectivity index (χ0n) is 12.3. The number of aromatic nitrogens is 2. The molecule has 1 saturated heterocycles. The molecule has 0 aromatic carbocycles. The van der Waals surface area contributed by atoms with Gasteiger partial charge in [0.2, 0.25) is 0 Å². The summed E-state index contributed by atoms with van der Waals surface area (Å²) < 4.78 is 6.61. The molecule has 0 spiro atoms. The van der Waals surface area contributed by atoms with Gasteiger partial charge in [-0.2, -0.15) is 0 Å². The van der Waals surface area contributed by atoms with Crippen LogP contribution in [-0.4, -0.2) is 49.4 Å². The van der Waals surface area contributed by atoms with Gasteiger partial charge in [0.15, 0.2) is 5.82 Å². The number of ether oxygens (including phenoxy) is 1. The second-order valence-corrected chi connectivity index (χ2v) is 5.32. The Morgan fingerprint density at radius 2 is 2.40 bits per heavy atom. The standard InChI is InChI=1S/C14H24N4O2/c1-17-8-5-16-13(14(17)19)18-7-3-4-12(11-18)10-15-6-9-20-2/h5,8,12,15H,3-4,6-7,9-11H2,1-2H3. The smallest absolute Gasteiger partial charge is 0.293 e. The molecule has 0 bridgehead atoms. The van der Waals surface area contributed by atoms with Gasteiger partial charge >= 0.3 is 0 Å². The molecule has 6 heteroatoms. The van der Waals surface area contributed by atoms with Crippen molar-refractivity contribution in [2.45, 2.75) is 12.8 Å². The van der Waals surface area contributed by atoms with Crippen LogP contribution in [0.1, 0.15) is 12.8 Å². The van der Waals surface area contributed by atoms with Crippen LogP contribution in [0.3, 0.4) is 0 Å². The molecular formula is C14H24N4O2. The summed E-state index contributed by atoms with van der Waals surface area (Å²) in [7, 11) is 3.47. The van der Waals surface area contributed by atoms with Crippen LogP contribution in [-0.2, 0) is 11.8 Å². The van der Waals surface area contributed by atoms with Gasteiger partial charge in [0.1, 0.15) is 0 Å². The van der Waals surface area contributed by atoms with Crippen molar-refractivity contribution < 1.29 is 4.74 Å². The number of methoxy groups -OCH3 is 1. The first-order valence-electron chi connectivity index (χ1n) is 7.18. The summed E-state index contributed by atoms with van der Waals surface area (Å²) in [4.78, 5) is 18.5. The molecule has 112 valence electrons. The van der Waals surface area contributed by atoms with E-state index in [4.69, 9.17) is 4.74 Å². The number of anilines is 1. The largest absolute Gasteiger partial charge is 0.383 e. The Kier molecular flexibility index (Phi) is 5.55. The van der Waals surface area contributed by atoms with E-state index in [-0.39, 0.29) is 5.56 Å². The minimum Gasteiger partial charge on any atom is -0.383 e. The molecule has 2 rings (SSSR count). The lowest BCUT2D eigenvalue weighted by molar-refractivity contribution is 0.197. The van der Waals surface area contributed by atoms with Crippen molar-refractivity contribution >= 4 is 5.82 Å². The van der Waals surface area contributed by atoms with Gasteiger partial charge in [0.25, 0.3) is 5.56 Å². The summed E-state index contributed by atoms with van der Waals surface area (Å²) in [6, 6.07) is 0. The quantitative estimate of drug-likeness (QED) is 0.756. The Bertz CT molecular complexity index is 474. The van der Waals surface area contributed by atoms with E-state index in [2.05, 4.69) is 15.2 Å². The molecule has 1 aliphatic rings. The number of hydrogen-bond acceptors (Lipinski definition) is 5. The Morgan fingerprint density at radius 3 is 3.20 bits per heavy atom. The highest BCUT2D eigenvalue weighted by atomic mass is 16.5. The molecule has 1 aliphatic heterocycles. The molecule has 1 fully saturated rings. The maximum absolute atomic E-state index is 12.1. The van der Waals surface area contributed by atoms with Crippen LogP contribution in [0.5, 0.6) is 0 Å². The van der Waals surface area contributed by atoms with Crippen molar-refractivity contribution in [1.82, 2.24) is 14.9 Å². The SMILES string of the molecule is COCCNCC1CCCN(c2nccn(C)c2=O)C1. The maximum atomic E-state index is 12.1. The fourth-order valence-electron chi connectivity index (χ4n) is 2.61. The minimum absolute atomic E-state index is 0.0134. The molecule has 0 amide bonds. The van der Waals surface area contributed by atoms with Gasteiger partial charge in [-0.1, -0.05) is 0 Å². The molecule has 1 N–H and O–H groups in total. The maximum Gasteiger partial charge on any atom is 0.293 e. The van der Waals surface area contributed by atoms with Crippen molar-refractivity contribution in [3.05, 3.63) is 22.7 Å². The van der Waals surface area contributed by atoms with Gasteiger partial charge in [-0.3, -0.25) is 4.79 Å². The summed E-state index contributed by atoms with van der Waals surface area (Å²) in [6.07, 6.45) is 5.69. The van der Waals surface area contributed by atoms with Crippen LogP contribution in [0.2, 0.25) is 0 Å². The van der Waals surface area contributed by atoms with Gasteiger partial charge in [-0.15, -0.1) is 0 Å². The van der Waals surface area contributed by atoms with Gasteiger partial charge in [-0.05, 0) is 25.3 Å². The zero-order chi connectivity index (χ0) is 14.4. The van der Waals surface area contributed by atoms with Crippen molar-refractivity contribution in [2.75, 3.05) is 44.8 Å². The average molecular weight is 280 g/mol. The highest BCUT2D eigenvalue weighted by Gasteiger charge is 2.22. The van der Waals surface area contributed by atoms with Crippen LogP contribution in [0.15, 0.2) is 17.2 Å². The van der Waals surface area contributed by atoms with Gasteiger partial charge in [0, 0.05) is 46.2 Å². The molecular weight excluding hydrogens is 256 g/mol. The Balaban J connectivity index is 1.93. The Labute approximate surface area is 119 Å². The summed E-state index contributed by atoms with van der Waals surface area (Å²) in [5.74, 6) is 1.14. The average Bonchev–Trinajstić information content (AvgIpc) is 2.47. The monoisotopic (exact) mass is 280 g/mol. The third-order valence-corrected chi connectivity index (χ3v) is 3.73. The number of hydrogen-bond donors (Lipinski definition) is 1. The predicted octanol–water partition coefficient (Wildman–Crippen LogP) is 0.233. The van der Waals surface area contributed by atoms with E-state index < -0.39 is 0 Å². The fraction of sp³-hybridized carbons (Fsp3) is 0.714. The van der Waals surface area contributed by atoms with Crippen molar-refractivity contribution in [1.29, 1.82) is 0 Å². The normalized spacial score (nSPS) is 19.3. The van der Waals surface area contributed by atoms with Crippen molar-refractivity contribution in [3.63, 3.8) is 0 Å². The van der Waals surface area contributed by atoms with Gasteiger partial charge in [0.05, 0.1) is 6.61 Å². The molecule has 1 atom stereocenters. The molecule has 6 nitrogen and oxygen atoms in total. The second kappa shape index (κ2) is 7.40. The van der Waals surface area contributed by atoms with Crippen molar-refractivity contribution in [2.24, 2.45) is 13.0 Å². The third kappa shape index (κ3) is 3.80. The Hall–Kier alpha value is -1.40. The van der Waals surface area contributed by atoms with E-state index >= 15 is 0 Å². The van der Waals surface area contributed by atoms with Crippen LogP contribution in [0, 0.1) is 5.92 Å². The fourth-order valence-corrected chi connectivity index (χ4v) is 2.61. The van der Waals surface area contributed by atoms with E-state index in [1.165, 1.54) is 6.42 Å². The number of nitrogens with zero attached hydrogens (tertiary/aromatic N) is 3. The lowest BCUT2D eigenvalue weighted by atomic mass is 9.98. The highest BCUT2D eigenvalue weighted by molar-refractivity contribution is 5.36. The van der Waals surface area contributed by atoms with Gasteiger partial charge in [-0.25, -0.2) is 4.98 Å². The molecule has 0 radical (unpaired) electrons. The van der Waals surface area contributed by atoms with E-state index in [0.29, 0.717) is 11.7 Å². The van der Waals surface area contributed by atoms with Crippen LogP contribution in [0.4, 0.5) is 5.82 Å². The molecule has 0 aliphatic carbocycles. The van der Waals surface area contributed by atoms with Crippen LogP contribution >= 0.6 is 0 Å². The summed E-state index contributed by atoms with van der Waals surface area (Å²) in [6.45, 7) is 4.38. The lowest BCUT2D eigenvalue weighted by Gasteiger charge is -2.33. The molecule has 1 aromatic rings. The summed E-state index contributed by atoms with van der Waals surface area (Å²) in [5, 5.41) is 3.40. The lowest BCUT2D eigenvalue weighted by Crippen LogP contribution is -2.43. The zero-order valence-corrected chi connectivity index (χ0v) is 12.3. The first-order chi connectivity index (χ1) is 9.72. The molecule has 1 unspecified atom stereocenters. The second-order valence-electron chi connectivity index (χ2n) is 5.32. The highest BCUT2D eigenvalue weighted by Crippen LogP contribution is 2.18. The first kappa shape index (κ1) is 15.0. The molecule has 1 aromatic heterocycles. The van der Waals surface area contributed by atoms with Gasteiger partial charge < -0.3 is 19.5 Å². The number of piperidine rings is 1. The van der Waals surface area contributed by atoms with E-state index in [1.807, 2.05) is 0 Å².